The van der Waals surface area contributed by atoms with E-state index < -0.39 is 16.5 Å². The number of hydrogen-bond acceptors (Lipinski definition) is 4. The summed E-state index contributed by atoms with van der Waals surface area (Å²) < 4.78 is 7.40. The molecule has 2 bridgehead atoms. The minimum Gasteiger partial charge on any atom is -0.618 e. The highest BCUT2D eigenvalue weighted by Gasteiger charge is 2.76. The summed E-state index contributed by atoms with van der Waals surface area (Å²) in [5.74, 6) is 0.769. The van der Waals surface area contributed by atoms with Crippen LogP contribution in [0, 0.1) is 22.5 Å². The number of nitrogens with one attached hydrogen (secondary N) is 1. The first kappa shape index (κ1) is 19.9. The van der Waals surface area contributed by atoms with Gasteiger partial charge in [0.2, 0.25) is 17.5 Å². The molecule has 0 aromatic heterocycles. The Morgan fingerprint density at radius 3 is 2.76 bits per heavy atom. The number of amides is 2. The van der Waals surface area contributed by atoms with E-state index >= 15 is 0 Å². The van der Waals surface area contributed by atoms with Crippen LogP contribution in [-0.2, 0) is 14.3 Å². The number of piperidine rings is 2. The van der Waals surface area contributed by atoms with Crippen molar-refractivity contribution in [3.8, 4) is 0 Å². The highest BCUT2D eigenvalue weighted by atomic mass is 16.5. The van der Waals surface area contributed by atoms with Crippen molar-refractivity contribution in [1.82, 2.24) is 10.2 Å². The molecule has 7 nitrogen and oxygen atoms in total. The lowest BCUT2D eigenvalue weighted by Crippen LogP contribution is -2.85. The molecule has 7 heteroatoms. The van der Waals surface area contributed by atoms with Crippen LogP contribution in [0.4, 0.5) is 0 Å². The lowest BCUT2D eigenvalue weighted by molar-refractivity contribution is -0.401. The number of hydroxylamine groups is 1. The van der Waals surface area contributed by atoms with Gasteiger partial charge in [0, 0.05) is 24.5 Å². The van der Waals surface area contributed by atoms with Gasteiger partial charge in [-0.15, -0.1) is 0 Å². The van der Waals surface area contributed by atoms with Crippen molar-refractivity contribution in [3.05, 3.63) is 40.0 Å². The second-order valence-corrected chi connectivity index (χ2v) is 12.2. The fourth-order valence-electron chi connectivity index (χ4n) is 8.39. The molecule has 2 spiro atoms. The Morgan fingerprint density at radius 1 is 1.18 bits per heavy atom. The zero-order valence-corrected chi connectivity index (χ0v) is 19.8. The number of nitrogens with zero attached hydrogens (tertiary/aromatic N) is 2. The maximum Gasteiger partial charge on any atom is 0.249 e. The van der Waals surface area contributed by atoms with Crippen LogP contribution in [0.3, 0.4) is 0 Å². The van der Waals surface area contributed by atoms with E-state index in [4.69, 9.17) is 4.74 Å². The minimum atomic E-state index is -0.917. The van der Waals surface area contributed by atoms with Crippen molar-refractivity contribution in [2.24, 2.45) is 17.3 Å². The van der Waals surface area contributed by atoms with Crippen molar-refractivity contribution in [1.29, 1.82) is 0 Å². The third kappa shape index (κ3) is 2.07. The second-order valence-electron chi connectivity index (χ2n) is 12.2. The average Bonchev–Trinajstić information content (AvgIpc) is 3.29. The number of carbonyl (C=O) groups excluding carboxylic acids is 2. The molecule has 4 atom stereocenters. The largest absolute Gasteiger partial charge is 0.618 e. The van der Waals surface area contributed by atoms with Crippen molar-refractivity contribution in [2.75, 3.05) is 6.54 Å². The third-order valence-corrected chi connectivity index (χ3v) is 9.76. The molecule has 2 amide bonds. The number of allylic oxidation sites excluding steroid dienone is 3. The summed E-state index contributed by atoms with van der Waals surface area (Å²) in [5.41, 5.74) is 1.06. The molecule has 8 aliphatic rings. The van der Waals surface area contributed by atoms with E-state index in [1.807, 2.05) is 30.9 Å². The summed E-state index contributed by atoms with van der Waals surface area (Å²) in [6, 6.07) is 0. The van der Waals surface area contributed by atoms with Crippen LogP contribution in [0.25, 0.3) is 0 Å². The number of carbonyl (C=O) groups is 2. The number of rotatable bonds is 0. The van der Waals surface area contributed by atoms with Gasteiger partial charge in [0.05, 0.1) is 16.9 Å². The Morgan fingerprint density at radius 2 is 1.97 bits per heavy atom. The van der Waals surface area contributed by atoms with Crippen molar-refractivity contribution < 1.29 is 19.1 Å². The normalized spacial score (nSPS) is 41.4. The maximum absolute atomic E-state index is 14.0. The zero-order chi connectivity index (χ0) is 23.1. The number of piperazine rings is 1. The highest BCUT2D eigenvalue weighted by Crippen LogP contribution is 2.62. The summed E-state index contributed by atoms with van der Waals surface area (Å²) in [6.45, 7) is 8.95. The number of ether oxygens (including phenoxy) is 1. The molecule has 8 rings (SSSR count). The molecule has 0 aromatic carbocycles. The number of hydrogen-bond donors (Lipinski definition) is 1. The van der Waals surface area contributed by atoms with Crippen LogP contribution < -0.4 is 5.32 Å². The van der Waals surface area contributed by atoms with E-state index in [0.29, 0.717) is 19.4 Å². The highest BCUT2D eigenvalue weighted by molar-refractivity contribution is 6.08. The van der Waals surface area contributed by atoms with Crippen molar-refractivity contribution >= 4 is 17.5 Å². The van der Waals surface area contributed by atoms with Gasteiger partial charge in [0.25, 0.3) is 0 Å². The second kappa shape index (κ2) is 5.56. The zero-order valence-electron chi connectivity index (χ0n) is 19.8. The molecule has 1 N–H and O–H groups in total. The minimum absolute atomic E-state index is 0.0146. The maximum atomic E-state index is 14.0. The van der Waals surface area contributed by atoms with E-state index in [9.17, 15) is 14.8 Å². The van der Waals surface area contributed by atoms with E-state index in [1.165, 1.54) is 4.74 Å². The van der Waals surface area contributed by atoms with Gasteiger partial charge in [-0.1, -0.05) is 0 Å². The molecule has 2 aliphatic carbocycles. The third-order valence-electron chi connectivity index (χ3n) is 9.76. The fraction of sp³-hybridized carbons (Fsp3) is 0.654. The lowest BCUT2D eigenvalue weighted by atomic mass is 9.48. The summed E-state index contributed by atoms with van der Waals surface area (Å²) in [5, 5.41) is 17.2. The first-order chi connectivity index (χ1) is 15.5. The monoisotopic (exact) mass is 449 g/mol. The molecule has 6 heterocycles. The van der Waals surface area contributed by atoms with Crippen LogP contribution in [0.2, 0.25) is 0 Å². The summed E-state index contributed by atoms with van der Waals surface area (Å²) in [7, 11) is 0. The standard InChI is InChI=1S/C26H31N3O4/c1-23(2)10-8-15-17(33-23)7-6-14-16-12-26-18(24(3,4)20(16)29(32)19(14)15)13-25(21(30)27-26)9-5-11-28(25)22(26)31/h8,10,16,18H,5-7,9,11-13H2,1-4H3,(H,27,30)/t16-,18?,25?,26+/m1/s1. The molecule has 174 valence electrons. The van der Waals surface area contributed by atoms with Gasteiger partial charge in [-0.2, -0.15) is 4.74 Å². The SMILES string of the molecule is CC1(C)C=CC2=C(CCC3=C2[N+]([O-])=C2[C@@H]3C[C@@]34NC(=O)C5(CCCN5C3=O)CC4C2(C)C)O1. The molecule has 4 saturated heterocycles. The van der Waals surface area contributed by atoms with Gasteiger partial charge < -0.3 is 20.2 Å². The quantitative estimate of drug-likeness (QED) is 0.455. The topological polar surface area (TPSA) is 84.7 Å². The fourth-order valence-corrected chi connectivity index (χ4v) is 8.39. The van der Waals surface area contributed by atoms with Gasteiger partial charge in [-0.3, -0.25) is 9.59 Å². The smallest absolute Gasteiger partial charge is 0.249 e. The van der Waals surface area contributed by atoms with Crippen molar-refractivity contribution in [3.63, 3.8) is 0 Å². The van der Waals surface area contributed by atoms with Crippen LogP contribution in [-0.4, -0.2) is 50.4 Å². The first-order valence-electron chi connectivity index (χ1n) is 12.4. The first-order valence-corrected chi connectivity index (χ1v) is 12.4. The van der Waals surface area contributed by atoms with Crippen LogP contribution in [0.1, 0.15) is 66.2 Å². The molecule has 1 saturated carbocycles. The molecule has 6 aliphatic heterocycles. The predicted octanol–water partition coefficient (Wildman–Crippen LogP) is 2.91. The predicted molar refractivity (Wildman–Crippen MR) is 121 cm³/mol. The summed E-state index contributed by atoms with van der Waals surface area (Å²) >= 11 is 0. The lowest BCUT2D eigenvalue weighted by Gasteiger charge is -2.64. The Balaban J connectivity index is 1.39. The van der Waals surface area contributed by atoms with Gasteiger partial charge in [0.15, 0.2) is 5.71 Å². The van der Waals surface area contributed by atoms with E-state index in [-0.39, 0.29) is 29.3 Å². The molecule has 5 fully saturated rings. The molecular weight excluding hydrogens is 418 g/mol. The van der Waals surface area contributed by atoms with Crippen LogP contribution >= 0.6 is 0 Å². The molecule has 0 aromatic rings. The Kier molecular flexibility index (Phi) is 3.34. The Bertz CT molecular complexity index is 1190. The molecule has 33 heavy (non-hydrogen) atoms. The average molecular weight is 450 g/mol. The summed E-state index contributed by atoms with van der Waals surface area (Å²) in [4.78, 5) is 29.1. The van der Waals surface area contributed by atoms with E-state index in [2.05, 4.69) is 19.2 Å². The van der Waals surface area contributed by atoms with Crippen LogP contribution in [0.5, 0.6) is 0 Å². The van der Waals surface area contributed by atoms with Crippen LogP contribution in [0.15, 0.2) is 34.8 Å². The van der Waals surface area contributed by atoms with Gasteiger partial charge in [-0.25, -0.2) is 0 Å². The Hall–Kier alpha value is -2.57. The van der Waals surface area contributed by atoms with Gasteiger partial charge >= 0.3 is 0 Å². The van der Waals surface area contributed by atoms with Gasteiger partial charge in [0.1, 0.15) is 22.4 Å². The summed E-state index contributed by atoms with van der Waals surface area (Å²) in [6.07, 6.45) is 8.29. The van der Waals surface area contributed by atoms with Crippen molar-refractivity contribution in [2.45, 2.75) is 82.9 Å². The van der Waals surface area contributed by atoms with Gasteiger partial charge in [-0.05, 0) is 72.0 Å². The Labute approximate surface area is 193 Å². The molecule has 0 radical (unpaired) electrons. The van der Waals surface area contributed by atoms with E-state index in [1.54, 1.807) is 0 Å². The molecule has 2 unspecified atom stereocenters. The molecular formula is C26H31N3O4. The van der Waals surface area contributed by atoms with E-state index in [0.717, 1.165) is 54.0 Å². The number of fused-ring (bicyclic) bond motifs is 4.